The first-order valence-corrected chi connectivity index (χ1v) is 5.61. The van der Waals surface area contributed by atoms with Crippen molar-refractivity contribution >= 4 is 28.0 Å². The Kier molecular flexibility index (Phi) is 4.30. The third-order valence-corrected chi connectivity index (χ3v) is 2.42. The van der Waals surface area contributed by atoms with E-state index in [1.165, 1.54) is 11.3 Å². The number of hydrogen-bond acceptors (Lipinski definition) is 5. The molecule has 0 fully saturated rings. The van der Waals surface area contributed by atoms with Gasteiger partial charge in [-0.25, -0.2) is 9.78 Å². The van der Waals surface area contributed by atoms with E-state index in [2.05, 4.69) is 4.98 Å². The lowest BCUT2D eigenvalue weighted by atomic mass is 10.2. The van der Waals surface area contributed by atoms with E-state index in [-0.39, 0.29) is 5.97 Å². The SMILES string of the molecule is CC=C(C(=O)OCCC)c1csc(N)n1. The summed E-state index contributed by atoms with van der Waals surface area (Å²) in [5.41, 5.74) is 6.55. The minimum Gasteiger partial charge on any atom is -0.462 e. The maximum absolute atomic E-state index is 11.6. The molecule has 0 saturated heterocycles. The second-order valence-electron chi connectivity index (χ2n) is 2.91. The Balaban J connectivity index is 2.77. The topological polar surface area (TPSA) is 65.2 Å². The molecule has 0 spiro atoms. The Hall–Kier alpha value is -1.36. The molecule has 82 valence electrons. The standard InChI is InChI=1S/C10H14N2O2S/c1-3-5-14-9(13)7(4-2)8-6-15-10(11)12-8/h4,6H,3,5H2,1-2H3,(H2,11,12). The Morgan fingerprint density at radius 2 is 2.47 bits per heavy atom. The van der Waals surface area contributed by atoms with Gasteiger partial charge in [0.1, 0.15) is 0 Å². The highest BCUT2D eigenvalue weighted by Gasteiger charge is 2.14. The summed E-state index contributed by atoms with van der Waals surface area (Å²) in [5.74, 6) is -0.343. The van der Waals surface area contributed by atoms with Crippen molar-refractivity contribution in [1.29, 1.82) is 0 Å². The average molecular weight is 226 g/mol. The summed E-state index contributed by atoms with van der Waals surface area (Å²) in [5, 5.41) is 2.20. The van der Waals surface area contributed by atoms with Gasteiger partial charge in [0.15, 0.2) is 5.13 Å². The highest BCUT2D eigenvalue weighted by Crippen LogP contribution is 2.20. The van der Waals surface area contributed by atoms with Crippen LogP contribution in [0.2, 0.25) is 0 Å². The van der Waals surface area contributed by atoms with Crippen LogP contribution in [-0.4, -0.2) is 17.6 Å². The van der Waals surface area contributed by atoms with Crippen molar-refractivity contribution in [2.75, 3.05) is 12.3 Å². The molecule has 2 N–H and O–H groups in total. The fraction of sp³-hybridized carbons (Fsp3) is 0.400. The number of thiazole rings is 1. The fourth-order valence-corrected chi connectivity index (χ4v) is 1.62. The van der Waals surface area contributed by atoms with E-state index < -0.39 is 0 Å². The number of nitrogen functional groups attached to an aromatic ring is 1. The number of aromatic nitrogens is 1. The molecule has 4 nitrogen and oxygen atoms in total. The lowest BCUT2D eigenvalue weighted by Gasteiger charge is -2.04. The van der Waals surface area contributed by atoms with Crippen molar-refractivity contribution < 1.29 is 9.53 Å². The number of carbonyl (C=O) groups is 1. The van der Waals surface area contributed by atoms with Crippen molar-refractivity contribution in [3.8, 4) is 0 Å². The fourth-order valence-electron chi connectivity index (χ4n) is 1.05. The molecule has 0 aliphatic rings. The van der Waals surface area contributed by atoms with Crippen LogP contribution in [0.3, 0.4) is 0 Å². The zero-order chi connectivity index (χ0) is 11.3. The molecule has 0 saturated carbocycles. The van der Waals surface area contributed by atoms with Crippen molar-refractivity contribution in [1.82, 2.24) is 4.98 Å². The molecule has 1 aromatic rings. The molecule has 0 aliphatic heterocycles. The molecule has 0 unspecified atom stereocenters. The van der Waals surface area contributed by atoms with Gasteiger partial charge in [-0.15, -0.1) is 11.3 Å². The minimum atomic E-state index is -0.343. The maximum Gasteiger partial charge on any atom is 0.340 e. The number of nitrogens with zero attached hydrogens (tertiary/aromatic N) is 1. The lowest BCUT2D eigenvalue weighted by Crippen LogP contribution is -2.08. The molecule has 1 heterocycles. The number of carbonyl (C=O) groups excluding carboxylic acids is 1. The third-order valence-electron chi connectivity index (χ3n) is 1.74. The van der Waals surface area contributed by atoms with Gasteiger partial charge in [-0.2, -0.15) is 0 Å². The molecule has 0 bridgehead atoms. The molecule has 0 aliphatic carbocycles. The first-order valence-electron chi connectivity index (χ1n) is 4.73. The second-order valence-corrected chi connectivity index (χ2v) is 3.80. The summed E-state index contributed by atoms with van der Waals surface area (Å²) < 4.78 is 5.02. The van der Waals surface area contributed by atoms with E-state index in [0.29, 0.717) is 23.0 Å². The van der Waals surface area contributed by atoms with Gasteiger partial charge in [0.05, 0.1) is 17.9 Å². The zero-order valence-corrected chi connectivity index (χ0v) is 9.63. The van der Waals surface area contributed by atoms with E-state index in [4.69, 9.17) is 10.5 Å². The van der Waals surface area contributed by atoms with Gasteiger partial charge in [0.2, 0.25) is 0 Å². The van der Waals surface area contributed by atoms with Gasteiger partial charge in [0.25, 0.3) is 0 Å². The van der Waals surface area contributed by atoms with Crippen LogP contribution in [0.4, 0.5) is 5.13 Å². The molecule has 0 aromatic carbocycles. The number of nitrogens with two attached hydrogens (primary N) is 1. The summed E-state index contributed by atoms with van der Waals surface area (Å²) in [4.78, 5) is 15.6. The van der Waals surface area contributed by atoms with Crippen molar-refractivity contribution in [2.45, 2.75) is 20.3 Å². The van der Waals surface area contributed by atoms with E-state index in [0.717, 1.165) is 6.42 Å². The van der Waals surface area contributed by atoms with Gasteiger partial charge in [-0.3, -0.25) is 0 Å². The van der Waals surface area contributed by atoms with E-state index in [1.54, 1.807) is 18.4 Å². The van der Waals surface area contributed by atoms with Crippen LogP contribution in [-0.2, 0) is 9.53 Å². The van der Waals surface area contributed by atoms with Gasteiger partial charge < -0.3 is 10.5 Å². The summed E-state index contributed by atoms with van der Waals surface area (Å²) in [6.45, 7) is 4.15. The number of esters is 1. The highest BCUT2D eigenvalue weighted by molar-refractivity contribution is 7.13. The summed E-state index contributed by atoms with van der Waals surface area (Å²) in [6.07, 6.45) is 2.49. The van der Waals surface area contributed by atoms with Crippen molar-refractivity contribution in [2.24, 2.45) is 0 Å². The van der Waals surface area contributed by atoms with E-state index >= 15 is 0 Å². The molecule has 5 heteroatoms. The molecule has 1 rings (SSSR count). The lowest BCUT2D eigenvalue weighted by molar-refractivity contribution is -0.136. The van der Waals surface area contributed by atoms with Crippen molar-refractivity contribution in [3.63, 3.8) is 0 Å². The van der Waals surface area contributed by atoms with Gasteiger partial charge in [-0.05, 0) is 13.3 Å². The Morgan fingerprint density at radius 1 is 1.73 bits per heavy atom. The Bertz CT molecular complexity index is 371. The van der Waals surface area contributed by atoms with Crippen LogP contribution in [0, 0.1) is 0 Å². The van der Waals surface area contributed by atoms with E-state index in [1.807, 2.05) is 6.92 Å². The normalized spacial score (nSPS) is 11.5. The molecule has 0 atom stereocenters. The summed E-state index contributed by atoms with van der Waals surface area (Å²) in [7, 11) is 0. The van der Waals surface area contributed by atoms with Gasteiger partial charge in [0, 0.05) is 5.38 Å². The molecule has 0 amide bonds. The Morgan fingerprint density at radius 3 is 2.93 bits per heavy atom. The largest absolute Gasteiger partial charge is 0.462 e. The third kappa shape index (κ3) is 3.06. The number of anilines is 1. The molecular formula is C10H14N2O2S. The number of hydrogen-bond donors (Lipinski definition) is 1. The van der Waals surface area contributed by atoms with E-state index in [9.17, 15) is 4.79 Å². The predicted octanol–water partition coefficient (Wildman–Crippen LogP) is 2.08. The monoisotopic (exact) mass is 226 g/mol. The number of rotatable bonds is 4. The predicted molar refractivity (Wildman–Crippen MR) is 61.4 cm³/mol. The van der Waals surface area contributed by atoms with Crippen LogP contribution in [0.5, 0.6) is 0 Å². The number of ether oxygens (including phenoxy) is 1. The first kappa shape index (κ1) is 11.7. The average Bonchev–Trinajstić information content (AvgIpc) is 2.63. The smallest absolute Gasteiger partial charge is 0.340 e. The Labute approximate surface area is 92.8 Å². The number of allylic oxidation sites excluding steroid dienone is 1. The first-order chi connectivity index (χ1) is 7.19. The van der Waals surface area contributed by atoms with Crippen molar-refractivity contribution in [3.05, 3.63) is 17.2 Å². The van der Waals surface area contributed by atoms with Crippen LogP contribution in [0.1, 0.15) is 26.0 Å². The minimum absolute atomic E-state index is 0.343. The second kappa shape index (κ2) is 5.50. The quantitative estimate of drug-likeness (QED) is 0.630. The van der Waals surface area contributed by atoms with Gasteiger partial charge >= 0.3 is 5.97 Å². The van der Waals surface area contributed by atoms with Gasteiger partial charge in [-0.1, -0.05) is 13.0 Å². The van der Waals surface area contributed by atoms with Crippen LogP contribution in [0.25, 0.3) is 5.57 Å². The van der Waals surface area contributed by atoms with Crippen LogP contribution >= 0.6 is 11.3 Å². The summed E-state index contributed by atoms with van der Waals surface area (Å²) in [6, 6.07) is 0. The van der Waals surface area contributed by atoms with Crippen LogP contribution < -0.4 is 5.73 Å². The highest BCUT2D eigenvalue weighted by atomic mass is 32.1. The maximum atomic E-state index is 11.6. The molecular weight excluding hydrogens is 212 g/mol. The molecule has 0 radical (unpaired) electrons. The summed E-state index contributed by atoms with van der Waals surface area (Å²) >= 11 is 1.31. The molecule has 15 heavy (non-hydrogen) atoms. The zero-order valence-electron chi connectivity index (χ0n) is 8.82. The molecule has 1 aromatic heterocycles. The van der Waals surface area contributed by atoms with Crippen LogP contribution in [0.15, 0.2) is 11.5 Å².